The summed E-state index contributed by atoms with van der Waals surface area (Å²) in [6.07, 6.45) is 0.850. The molecule has 1 fully saturated rings. The van der Waals surface area contributed by atoms with E-state index in [1.165, 1.54) is 0 Å². The number of halogens is 1. The number of carbonyl (C=O) groups excluding carboxylic acids is 1. The van der Waals surface area contributed by atoms with Gasteiger partial charge in [-0.2, -0.15) is 0 Å². The maximum atomic E-state index is 11.8. The normalized spacial score (nSPS) is 23.6. The zero-order valence-corrected chi connectivity index (χ0v) is 10.5. The Balaban J connectivity index is 1.90. The molecule has 0 amide bonds. The molecule has 3 nitrogen and oxygen atoms in total. The molecule has 0 radical (unpaired) electrons. The molecule has 1 aromatic rings. The van der Waals surface area contributed by atoms with Crippen molar-refractivity contribution in [2.24, 2.45) is 5.92 Å². The van der Waals surface area contributed by atoms with Crippen LogP contribution in [0.1, 0.15) is 18.9 Å². The standard InChI is InChI=1S/C13H16ClNO2/c1-9-11(6-7-15-9)13(16)17-8-10-4-2-3-5-12(10)14/h2-5,9,11,15H,6-8H2,1H3. The summed E-state index contributed by atoms with van der Waals surface area (Å²) in [6, 6.07) is 7.61. The fourth-order valence-corrected chi connectivity index (χ4v) is 2.24. The van der Waals surface area contributed by atoms with Crippen molar-refractivity contribution in [2.45, 2.75) is 26.0 Å². The van der Waals surface area contributed by atoms with E-state index in [0.717, 1.165) is 18.5 Å². The SMILES string of the molecule is CC1NCCC1C(=O)OCc1ccccc1Cl. The van der Waals surface area contributed by atoms with Gasteiger partial charge in [0.1, 0.15) is 6.61 Å². The number of hydrogen-bond acceptors (Lipinski definition) is 3. The van der Waals surface area contributed by atoms with Gasteiger partial charge in [-0.1, -0.05) is 29.8 Å². The molecule has 0 bridgehead atoms. The van der Waals surface area contributed by atoms with Crippen molar-refractivity contribution < 1.29 is 9.53 Å². The number of carbonyl (C=O) groups is 1. The van der Waals surface area contributed by atoms with Crippen molar-refractivity contribution in [3.8, 4) is 0 Å². The number of esters is 1. The van der Waals surface area contributed by atoms with Gasteiger partial charge in [-0.05, 0) is 26.0 Å². The summed E-state index contributed by atoms with van der Waals surface area (Å²) >= 11 is 5.99. The van der Waals surface area contributed by atoms with E-state index in [4.69, 9.17) is 16.3 Å². The molecule has 4 heteroatoms. The predicted octanol–water partition coefficient (Wildman–Crippen LogP) is 2.38. The van der Waals surface area contributed by atoms with Gasteiger partial charge in [0.2, 0.25) is 0 Å². The van der Waals surface area contributed by atoms with Gasteiger partial charge in [0.15, 0.2) is 0 Å². The summed E-state index contributed by atoms with van der Waals surface area (Å²) in [5.74, 6) is -0.167. The smallest absolute Gasteiger partial charge is 0.310 e. The van der Waals surface area contributed by atoms with Crippen LogP contribution in [-0.2, 0) is 16.1 Å². The predicted molar refractivity (Wildman–Crippen MR) is 66.8 cm³/mol. The lowest BCUT2D eigenvalue weighted by molar-refractivity contribution is -0.150. The highest BCUT2D eigenvalue weighted by Gasteiger charge is 2.30. The summed E-state index contributed by atoms with van der Waals surface area (Å²) in [4.78, 5) is 11.8. The van der Waals surface area contributed by atoms with E-state index in [0.29, 0.717) is 5.02 Å². The van der Waals surface area contributed by atoms with Crippen LogP contribution < -0.4 is 5.32 Å². The molecule has 0 aromatic heterocycles. The largest absolute Gasteiger partial charge is 0.460 e. The monoisotopic (exact) mass is 253 g/mol. The van der Waals surface area contributed by atoms with E-state index in [-0.39, 0.29) is 24.5 Å². The minimum atomic E-state index is -0.137. The summed E-state index contributed by atoms with van der Waals surface area (Å²) in [5.41, 5.74) is 0.848. The topological polar surface area (TPSA) is 38.3 Å². The van der Waals surface area contributed by atoms with Crippen molar-refractivity contribution in [1.29, 1.82) is 0 Å². The van der Waals surface area contributed by atoms with Crippen LogP contribution in [0.25, 0.3) is 0 Å². The van der Waals surface area contributed by atoms with Crippen LogP contribution in [0.15, 0.2) is 24.3 Å². The summed E-state index contributed by atoms with van der Waals surface area (Å²) < 4.78 is 5.30. The van der Waals surface area contributed by atoms with Crippen molar-refractivity contribution >= 4 is 17.6 Å². The zero-order valence-electron chi connectivity index (χ0n) is 9.78. The van der Waals surface area contributed by atoms with Gasteiger partial charge in [-0.3, -0.25) is 4.79 Å². The lowest BCUT2D eigenvalue weighted by Crippen LogP contribution is -2.29. The highest BCUT2D eigenvalue weighted by molar-refractivity contribution is 6.31. The second kappa shape index (κ2) is 5.52. The third-order valence-electron chi connectivity index (χ3n) is 3.16. The molecule has 92 valence electrons. The van der Waals surface area contributed by atoms with Crippen LogP contribution in [0.4, 0.5) is 0 Å². The molecule has 0 saturated carbocycles. The van der Waals surface area contributed by atoms with Crippen LogP contribution in [0.5, 0.6) is 0 Å². The quantitative estimate of drug-likeness (QED) is 0.841. The van der Waals surface area contributed by atoms with E-state index >= 15 is 0 Å². The molecular formula is C13H16ClNO2. The zero-order chi connectivity index (χ0) is 12.3. The maximum absolute atomic E-state index is 11.8. The molecule has 1 saturated heterocycles. The number of ether oxygens (including phenoxy) is 1. The first kappa shape index (κ1) is 12.4. The molecule has 1 heterocycles. The van der Waals surface area contributed by atoms with Gasteiger partial charge >= 0.3 is 5.97 Å². The van der Waals surface area contributed by atoms with Crippen molar-refractivity contribution in [2.75, 3.05) is 6.54 Å². The average molecular weight is 254 g/mol. The highest BCUT2D eigenvalue weighted by atomic mass is 35.5. The van der Waals surface area contributed by atoms with Gasteiger partial charge in [-0.25, -0.2) is 0 Å². The lowest BCUT2D eigenvalue weighted by Gasteiger charge is -2.14. The molecule has 2 rings (SSSR count). The Morgan fingerprint density at radius 1 is 1.53 bits per heavy atom. The minimum absolute atomic E-state index is 0.0301. The Kier molecular flexibility index (Phi) is 4.02. The molecule has 2 atom stereocenters. The molecule has 2 unspecified atom stereocenters. The minimum Gasteiger partial charge on any atom is -0.460 e. The van der Waals surface area contributed by atoms with Gasteiger partial charge < -0.3 is 10.1 Å². The number of rotatable bonds is 3. The van der Waals surface area contributed by atoms with E-state index < -0.39 is 0 Å². The van der Waals surface area contributed by atoms with Gasteiger partial charge in [0.25, 0.3) is 0 Å². The summed E-state index contributed by atoms with van der Waals surface area (Å²) in [5, 5.41) is 3.87. The molecule has 1 N–H and O–H groups in total. The Hall–Kier alpha value is -1.06. The Morgan fingerprint density at radius 3 is 2.94 bits per heavy atom. The molecule has 1 aliphatic rings. The summed E-state index contributed by atoms with van der Waals surface area (Å²) in [7, 11) is 0. The second-order valence-corrected chi connectivity index (χ2v) is 4.74. The number of hydrogen-bond donors (Lipinski definition) is 1. The molecule has 1 aromatic carbocycles. The van der Waals surface area contributed by atoms with Crippen molar-refractivity contribution in [3.05, 3.63) is 34.9 Å². The molecule has 0 aliphatic carbocycles. The molecular weight excluding hydrogens is 238 g/mol. The molecule has 17 heavy (non-hydrogen) atoms. The average Bonchev–Trinajstić information content (AvgIpc) is 2.74. The Bertz CT molecular complexity index is 408. The summed E-state index contributed by atoms with van der Waals surface area (Å²) in [6.45, 7) is 3.14. The van der Waals surface area contributed by atoms with Crippen molar-refractivity contribution in [3.63, 3.8) is 0 Å². The van der Waals surface area contributed by atoms with Crippen LogP contribution >= 0.6 is 11.6 Å². The number of nitrogens with one attached hydrogen (secondary N) is 1. The van der Waals surface area contributed by atoms with Gasteiger partial charge in [-0.15, -0.1) is 0 Å². The Morgan fingerprint density at radius 2 is 2.29 bits per heavy atom. The fourth-order valence-electron chi connectivity index (χ4n) is 2.05. The second-order valence-electron chi connectivity index (χ2n) is 4.34. The van der Waals surface area contributed by atoms with Crippen molar-refractivity contribution in [1.82, 2.24) is 5.32 Å². The van der Waals surface area contributed by atoms with Crippen LogP contribution in [-0.4, -0.2) is 18.6 Å². The lowest BCUT2D eigenvalue weighted by atomic mass is 10.0. The first-order chi connectivity index (χ1) is 8.18. The number of benzene rings is 1. The molecule has 1 aliphatic heterocycles. The highest BCUT2D eigenvalue weighted by Crippen LogP contribution is 2.20. The van der Waals surface area contributed by atoms with E-state index in [9.17, 15) is 4.79 Å². The third-order valence-corrected chi connectivity index (χ3v) is 3.52. The van der Waals surface area contributed by atoms with Crippen LogP contribution in [0.2, 0.25) is 5.02 Å². The maximum Gasteiger partial charge on any atom is 0.310 e. The Labute approximate surface area is 106 Å². The van der Waals surface area contributed by atoms with Crippen LogP contribution in [0.3, 0.4) is 0 Å². The third kappa shape index (κ3) is 2.99. The first-order valence-corrected chi connectivity index (χ1v) is 6.19. The van der Waals surface area contributed by atoms with Gasteiger partial charge in [0.05, 0.1) is 5.92 Å². The van der Waals surface area contributed by atoms with Gasteiger partial charge in [0, 0.05) is 16.6 Å². The first-order valence-electron chi connectivity index (χ1n) is 5.82. The van der Waals surface area contributed by atoms with E-state index in [1.807, 2.05) is 25.1 Å². The molecule has 0 spiro atoms. The van der Waals surface area contributed by atoms with E-state index in [2.05, 4.69) is 5.32 Å². The van der Waals surface area contributed by atoms with Crippen LogP contribution in [0, 0.1) is 5.92 Å². The van der Waals surface area contributed by atoms with E-state index in [1.54, 1.807) is 6.07 Å². The fraction of sp³-hybridized carbons (Fsp3) is 0.462.